The Hall–Kier alpha value is -2.99. The molecule has 4 N–H and O–H groups in total. The smallest absolute Gasteiger partial charge is 0.389 e. The first-order valence-electron chi connectivity index (χ1n) is 9.11. The number of ketones is 1. The van der Waals surface area contributed by atoms with Crippen molar-refractivity contribution in [3.05, 3.63) is 41.2 Å². The van der Waals surface area contributed by atoms with E-state index in [-0.39, 0.29) is 11.7 Å². The number of hydrogen-bond acceptors (Lipinski definition) is 6. The second-order valence-electron chi connectivity index (χ2n) is 6.68. The van der Waals surface area contributed by atoms with Gasteiger partial charge < -0.3 is 20.8 Å². The SMILES string of the molecule is C[C@H](NC(=O)c1cnc(-c2cccc(Cl)c2)o1)C(=O)N[C@@H](CCC(F)(F)F)C(=O)C(N)=S. The summed E-state index contributed by atoms with van der Waals surface area (Å²) >= 11 is 10.4. The number of nitrogens with two attached hydrogens (primary N) is 1. The molecule has 0 spiro atoms. The largest absolute Gasteiger partial charge is 0.431 e. The first-order chi connectivity index (χ1) is 14.9. The molecule has 0 saturated carbocycles. The minimum Gasteiger partial charge on any atom is -0.431 e. The molecule has 2 atom stereocenters. The zero-order valence-electron chi connectivity index (χ0n) is 16.5. The highest BCUT2D eigenvalue weighted by Crippen LogP contribution is 2.23. The van der Waals surface area contributed by atoms with Gasteiger partial charge in [0.2, 0.25) is 23.3 Å². The number of rotatable bonds is 9. The van der Waals surface area contributed by atoms with Crippen molar-refractivity contribution in [3.63, 3.8) is 0 Å². The second-order valence-corrected chi connectivity index (χ2v) is 7.55. The van der Waals surface area contributed by atoms with Crippen molar-refractivity contribution in [2.45, 2.75) is 38.0 Å². The van der Waals surface area contributed by atoms with E-state index in [1.165, 1.54) is 6.92 Å². The number of amides is 2. The maximum atomic E-state index is 12.5. The second kappa shape index (κ2) is 10.6. The summed E-state index contributed by atoms with van der Waals surface area (Å²) in [6.45, 7) is 1.27. The Bertz CT molecular complexity index is 1030. The fraction of sp³-hybridized carbons (Fsp3) is 0.316. The van der Waals surface area contributed by atoms with Crippen LogP contribution < -0.4 is 16.4 Å². The number of benzene rings is 1. The molecule has 1 aromatic carbocycles. The van der Waals surface area contributed by atoms with Gasteiger partial charge in [-0.2, -0.15) is 13.2 Å². The first kappa shape index (κ1) is 25.3. The standard InChI is InChI=1S/C19H18ClF3N4O4S/c1-9(16(29)27-12(14(28)15(24)32)5-6-19(21,22)23)26-17(30)13-8-25-18(31-13)10-3-2-4-11(20)7-10/h2-4,7-9,12H,5-6H2,1H3,(H2,24,32)(H,26,30)(H,27,29)/t9-,12-/m0/s1. The first-order valence-corrected chi connectivity index (χ1v) is 9.89. The lowest BCUT2D eigenvalue weighted by atomic mass is 10.1. The monoisotopic (exact) mass is 490 g/mol. The number of hydrogen-bond donors (Lipinski definition) is 3. The summed E-state index contributed by atoms with van der Waals surface area (Å²) in [4.78, 5) is 39.9. The summed E-state index contributed by atoms with van der Waals surface area (Å²) in [6, 6.07) is 3.74. The van der Waals surface area contributed by atoms with E-state index in [1.54, 1.807) is 24.3 Å². The lowest BCUT2D eigenvalue weighted by Gasteiger charge is -2.20. The van der Waals surface area contributed by atoms with Gasteiger partial charge >= 0.3 is 6.18 Å². The number of oxazole rings is 1. The van der Waals surface area contributed by atoms with E-state index in [1.807, 2.05) is 0 Å². The molecule has 172 valence electrons. The maximum Gasteiger partial charge on any atom is 0.389 e. The van der Waals surface area contributed by atoms with Crippen LogP contribution in [-0.4, -0.2) is 45.8 Å². The highest BCUT2D eigenvalue weighted by molar-refractivity contribution is 7.82. The molecule has 0 aliphatic rings. The van der Waals surface area contributed by atoms with Gasteiger partial charge in [-0.15, -0.1) is 0 Å². The van der Waals surface area contributed by atoms with Crippen molar-refractivity contribution in [1.29, 1.82) is 0 Å². The fourth-order valence-electron chi connectivity index (χ4n) is 2.51. The summed E-state index contributed by atoms with van der Waals surface area (Å²) in [5.41, 5.74) is 5.72. The van der Waals surface area contributed by atoms with Crippen LogP contribution in [0.15, 0.2) is 34.9 Å². The van der Waals surface area contributed by atoms with E-state index in [2.05, 4.69) is 27.8 Å². The van der Waals surface area contributed by atoms with Gasteiger partial charge in [-0.1, -0.05) is 29.9 Å². The molecule has 0 fully saturated rings. The Morgan fingerprint density at radius 3 is 2.56 bits per heavy atom. The number of carbonyl (C=O) groups is 3. The van der Waals surface area contributed by atoms with E-state index in [0.29, 0.717) is 10.6 Å². The van der Waals surface area contributed by atoms with Gasteiger partial charge in [-0.05, 0) is 31.5 Å². The van der Waals surface area contributed by atoms with Crippen LogP contribution in [0.4, 0.5) is 13.2 Å². The van der Waals surface area contributed by atoms with Crippen LogP contribution in [0.2, 0.25) is 5.02 Å². The summed E-state index contributed by atoms with van der Waals surface area (Å²) in [5.74, 6) is -2.83. The van der Waals surface area contributed by atoms with Crippen molar-refractivity contribution in [2.24, 2.45) is 5.73 Å². The van der Waals surface area contributed by atoms with E-state index in [4.69, 9.17) is 21.8 Å². The van der Waals surface area contributed by atoms with Crippen molar-refractivity contribution in [1.82, 2.24) is 15.6 Å². The minimum atomic E-state index is -4.55. The Morgan fingerprint density at radius 2 is 1.97 bits per heavy atom. The molecule has 2 amide bonds. The number of alkyl halides is 3. The maximum absolute atomic E-state index is 12.5. The number of nitrogens with one attached hydrogen (secondary N) is 2. The third kappa shape index (κ3) is 7.31. The topological polar surface area (TPSA) is 127 Å². The fourth-order valence-corrected chi connectivity index (χ4v) is 2.85. The molecule has 2 rings (SSSR count). The highest BCUT2D eigenvalue weighted by atomic mass is 35.5. The van der Waals surface area contributed by atoms with E-state index in [0.717, 1.165) is 6.20 Å². The summed E-state index contributed by atoms with van der Waals surface area (Å²) in [5, 5.41) is 4.88. The molecule has 13 heteroatoms. The number of Topliss-reactive ketones (excluding diaryl/α,β-unsaturated/α-hetero) is 1. The average molecular weight is 491 g/mol. The van der Waals surface area contributed by atoms with Crippen LogP contribution >= 0.6 is 23.8 Å². The van der Waals surface area contributed by atoms with Crippen LogP contribution in [0.5, 0.6) is 0 Å². The van der Waals surface area contributed by atoms with E-state index >= 15 is 0 Å². The van der Waals surface area contributed by atoms with Gasteiger partial charge in [0.15, 0.2) is 0 Å². The molecular formula is C19H18ClF3N4O4S. The number of nitrogens with zero attached hydrogens (tertiary/aromatic N) is 1. The van der Waals surface area contributed by atoms with Crippen molar-refractivity contribution >= 4 is 46.4 Å². The molecular weight excluding hydrogens is 473 g/mol. The number of thiocarbonyl (C=S) groups is 1. The van der Waals surface area contributed by atoms with Crippen molar-refractivity contribution in [3.8, 4) is 11.5 Å². The molecule has 0 aliphatic heterocycles. The average Bonchev–Trinajstić information content (AvgIpc) is 3.20. The number of aromatic nitrogens is 1. The molecule has 2 aromatic rings. The third-order valence-electron chi connectivity index (χ3n) is 4.13. The van der Waals surface area contributed by atoms with Crippen molar-refractivity contribution in [2.75, 3.05) is 0 Å². The Kier molecular flexibility index (Phi) is 8.33. The zero-order chi connectivity index (χ0) is 24.1. The van der Waals surface area contributed by atoms with Crippen LogP contribution in [0.25, 0.3) is 11.5 Å². The number of halogens is 4. The van der Waals surface area contributed by atoms with E-state index < -0.39 is 53.7 Å². The van der Waals surface area contributed by atoms with Gasteiger partial charge in [0.25, 0.3) is 5.91 Å². The lowest BCUT2D eigenvalue weighted by molar-refractivity contribution is -0.139. The lowest BCUT2D eigenvalue weighted by Crippen LogP contribution is -2.52. The van der Waals surface area contributed by atoms with Gasteiger partial charge in [0, 0.05) is 17.0 Å². The molecule has 32 heavy (non-hydrogen) atoms. The Labute approximate surface area is 190 Å². The van der Waals surface area contributed by atoms with Gasteiger partial charge in [-0.3, -0.25) is 14.4 Å². The molecule has 1 aromatic heterocycles. The van der Waals surface area contributed by atoms with Gasteiger partial charge in [0.1, 0.15) is 11.0 Å². The zero-order valence-corrected chi connectivity index (χ0v) is 18.1. The highest BCUT2D eigenvalue weighted by Gasteiger charge is 2.33. The molecule has 0 aliphatic carbocycles. The molecule has 0 unspecified atom stereocenters. The summed E-state index contributed by atoms with van der Waals surface area (Å²) in [7, 11) is 0. The normalized spacial score (nSPS) is 13.2. The minimum absolute atomic E-state index is 0.115. The Balaban J connectivity index is 2.03. The molecule has 8 nitrogen and oxygen atoms in total. The summed E-state index contributed by atoms with van der Waals surface area (Å²) in [6.07, 6.45) is -5.50. The summed E-state index contributed by atoms with van der Waals surface area (Å²) < 4.78 is 42.9. The molecule has 0 bridgehead atoms. The van der Waals surface area contributed by atoms with Gasteiger partial charge in [-0.25, -0.2) is 4.98 Å². The number of carbonyl (C=O) groups excluding carboxylic acids is 3. The van der Waals surface area contributed by atoms with Crippen LogP contribution in [0, 0.1) is 0 Å². The molecule has 0 saturated heterocycles. The van der Waals surface area contributed by atoms with Crippen LogP contribution in [-0.2, 0) is 9.59 Å². The quantitative estimate of drug-likeness (QED) is 0.461. The third-order valence-corrected chi connectivity index (χ3v) is 4.57. The van der Waals surface area contributed by atoms with Gasteiger partial charge in [0.05, 0.1) is 12.2 Å². The molecule has 0 radical (unpaired) electrons. The molecule has 1 heterocycles. The Morgan fingerprint density at radius 1 is 1.28 bits per heavy atom. The van der Waals surface area contributed by atoms with Crippen LogP contribution in [0.1, 0.15) is 30.3 Å². The van der Waals surface area contributed by atoms with Crippen molar-refractivity contribution < 1.29 is 32.0 Å². The van der Waals surface area contributed by atoms with Crippen LogP contribution in [0.3, 0.4) is 0 Å². The van der Waals surface area contributed by atoms with E-state index in [9.17, 15) is 27.6 Å². The predicted molar refractivity (Wildman–Crippen MR) is 113 cm³/mol. The predicted octanol–water partition coefficient (Wildman–Crippen LogP) is 2.80.